The minimum absolute atomic E-state index is 0.0448. The van der Waals surface area contributed by atoms with Crippen LogP contribution in [0.1, 0.15) is 26.7 Å². The van der Waals surface area contributed by atoms with E-state index in [9.17, 15) is 14.4 Å². The molecule has 0 saturated carbocycles. The molecule has 7 nitrogen and oxygen atoms in total. The van der Waals surface area contributed by atoms with Gasteiger partial charge in [-0.1, -0.05) is 12.1 Å². The Morgan fingerprint density at radius 3 is 2.44 bits per heavy atom. The number of hydrogen-bond donors (Lipinski definition) is 3. The summed E-state index contributed by atoms with van der Waals surface area (Å²) in [4.78, 5) is 39.4. The molecular weight excluding hydrogens is 364 g/mol. The van der Waals surface area contributed by atoms with Crippen molar-refractivity contribution in [1.82, 2.24) is 10.2 Å². The number of hydrogen-bond acceptors (Lipinski definition) is 5. The van der Waals surface area contributed by atoms with Crippen molar-refractivity contribution in [2.75, 3.05) is 29.5 Å². The summed E-state index contributed by atoms with van der Waals surface area (Å²) in [7, 11) is 0. The fourth-order valence-corrected chi connectivity index (χ4v) is 4.80. The lowest BCUT2D eigenvalue weighted by Gasteiger charge is -2.45. The van der Waals surface area contributed by atoms with Crippen LogP contribution in [0.3, 0.4) is 0 Å². The molecule has 2 saturated heterocycles. The number of anilines is 2. The van der Waals surface area contributed by atoms with E-state index in [4.69, 9.17) is 0 Å². The first kappa shape index (κ1) is 18.2. The summed E-state index contributed by atoms with van der Waals surface area (Å²) in [6.45, 7) is 4.71. The SMILES string of the molecule is CC1(C)SC[C@H](C(=O)N2CCC3(CC2)Nc2ccccc2NC3=O)NC1=O. The van der Waals surface area contributed by atoms with Gasteiger partial charge in [-0.25, -0.2) is 0 Å². The van der Waals surface area contributed by atoms with Gasteiger partial charge < -0.3 is 20.9 Å². The molecule has 1 aromatic carbocycles. The Morgan fingerprint density at radius 1 is 1.11 bits per heavy atom. The fraction of sp³-hybridized carbons (Fsp3) is 0.526. The summed E-state index contributed by atoms with van der Waals surface area (Å²) < 4.78 is -0.500. The van der Waals surface area contributed by atoms with Crippen LogP contribution in [0.5, 0.6) is 0 Å². The smallest absolute Gasteiger partial charge is 0.250 e. The molecule has 0 aliphatic carbocycles. The monoisotopic (exact) mass is 388 g/mol. The number of amides is 3. The topological polar surface area (TPSA) is 90.5 Å². The van der Waals surface area contributed by atoms with E-state index in [0.29, 0.717) is 31.7 Å². The maximum absolute atomic E-state index is 12.8. The zero-order valence-corrected chi connectivity index (χ0v) is 16.3. The molecule has 27 heavy (non-hydrogen) atoms. The molecule has 3 heterocycles. The lowest BCUT2D eigenvalue weighted by atomic mass is 9.84. The molecule has 0 radical (unpaired) electrons. The number of para-hydroxylation sites is 2. The van der Waals surface area contributed by atoms with Gasteiger partial charge >= 0.3 is 0 Å². The van der Waals surface area contributed by atoms with E-state index < -0.39 is 16.3 Å². The zero-order valence-electron chi connectivity index (χ0n) is 15.5. The van der Waals surface area contributed by atoms with Crippen LogP contribution >= 0.6 is 11.8 Å². The summed E-state index contributed by atoms with van der Waals surface area (Å²) in [5, 5.41) is 9.22. The van der Waals surface area contributed by atoms with E-state index in [1.165, 1.54) is 11.8 Å². The highest BCUT2D eigenvalue weighted by Gasteiger charge is 2.46. The van der Waals surface area contributed by atoms with E-state index >= 15 is 0 Å². The number of nitrogens with zero attached hydrogens (tertiary/aromatic N) is 1. The summed E-state index contributed by atoms with van der Waals surface area (Å²) in [6.07, 6.45) is 1.08. The van der Waals surface area contributed by atoms with Gasteiger partial charge in [-0.3, -0.25) is 14.4 Å². The van der Waals surface area contributed by atoms with E-state index in [1.807, 2.05) is 38.1 Å². The largest absolute Gasteiger partial charge is 0.369 e. The van der Waals surface area contributed by atoms with Crippen molar-refractivity contribution in [3.8, 4) is 0 Å². The van der Waals surface area contributed by atoms with Gasteiger partial charge in [0.15, 0.2) is 0 Å². The molecule has 0 aromatic heterocycles. The molecule has 4 rings (SSSR count). The average Bonchev–Trinajstić information content (AvgIpc) is 2.65. The van der Waals surface area contributed by atoms with Crippen LogP contribution in [0.4, 0.5) is 11.4 Å². The van der Waals surface area contributed by atoms with Gasteiger partial charge in [0.2, 0.25) is 17.7 Å². The van der Waals surface area contributed by atoms with Crippen molar-refractivity contribution in [3.63, 3.8) is 0 Å². The minimum Gasteiger partial charge on any atom is -0.369 e. The first-order valence-electron chi connectivity index (χ1n) is 9.23. The molecule has 3 N–H and O–H groups in total. The average molecular weight is 388 g/mol. The second-order valence-corrected chi connectivity index (χ2v) is 9.52. The molecule has 8 heteroatoms. The number of rotatable bonds is 1. The number of fused-ring (bicyclic) bond motifs is 1. The Hall–Kier alpha value is -2.22. The summed E-state index contributed by atoms with van der Waals surface area (Å²) in [5.41, 5.74) is 1.02. The van der Waals surface area contributed by atoms with Crippen LogP contribution in [0.15, 0.2) is 24.3 Å². The molecule has 3 aliphatic rings. The third-order valence-electron chi connectivity index (χ3n) is 5.67. The molecule has 144 valence electrons. The predicted octanol–water partition coefficient (Wildman–Crippen LogP) is 1.42. The van der Waals surface area contributed by atoms with Gasteiger partial charge in [0.05, 0.1) is 16.1 Å². The molecule has 1 atom stereocenters. The van der Waals surface area contributed by atoms with Gasteiger partial charge in [-0.05, 0) is 38.8 Å². The number of carbonyl (C=O) groups is 3. The third kappa shape index (κ3) is 3.16. The number of benzene rings is 1. The van der Waals surface area contributed by atoms with Crippen molar-refractivity contribution in [1.29, 1.82) is 0 Å². The second-order valence-electron chi connectivity index (χ2n) is 7.88. The number of thioether (sulfide) groups is 1. The number of carbonyl (C=O) groups excluding carboxylic acids is 3. The summed E-state index contributed by atoms with van der Waals surface area (Å²) in [5.74, 6) is 0.371. The molecule has 1 aromatic rings. The molecule has 2 fully saturated rings. The molecule has 3 amide bonds. The summed E-state index contributed by atoms with van der Waals surface area (Å²) in [6, 6.07) is 7.15. The van der Waals surface area contributed by atoms with Crippen LogP contribution in [0.2, 0.25) is 0 Å². The number of likely N-dealkylation sites (tertiary alicyclic amines) is 1. The highest BCUT2D eigenvalue weighted by molar-refractivity contribution is 8.01. The predicted molar refractivity (Wildman–Crippen MR) is 106 cm³/mol. The maximum Gasteiger partial charge on any atom is 0.250 e. The van der Waals surface area contributed by atoms with Crippen LogP contribution in [-0.2, 0) is 14.4 Å². The van der Waals surface area contributed by atoms with E-state index in [-0.39, 0.29) is 17.7 Å². The van der Waals surface area contributed by atoms with Crippen molar-refractivity contribution in [3.05, 3.63) is 24.3 Å². The minimum atomic E-state index is -0.683. The summed E-state index contributed by atoms with van der Waals surface area (Å²) >= 11 is 1.51. The molecular formula is C19H24N4O3S. The Balaban J connectivity index is 1.41. The number of nitrogens with one attached hydrogen (secondary N) is 3. The zero-order chi connectivity index (χ0) is 19.2. The Bertz CT molecular complexity index is 802. The van der Waals surface area contributed by atoms with Crippen LogP contribution < -0.4 is 16.0 Å². The Kier molecular flexibility index (Phi) is 4.33. The quantitative estimate of drug-likeness (QED) is 0.677. The van der Waals surface area contributed by atoms with E-state index in [2.05, 4.69) is 16.0 Å². The second kappa shape index (κ2) is 6.44. The highest BCUT2D eigenvalue weighted by Crippen LogP contribution is 2.36. The van der Waals surface area contributed by atoms with Gasteiger partial charge in [0.25, 0.3) is 0 Å². The van der Waals surface area contributed by atoms with Gasteiger partial charge in [-0.2, -0.15) is 0 Å². The van der Waals surface area contributed by atoms with Crippen molar-refractivity contribution in [2.45, 2.75) is 43.0 Å². The first-order chi connectivity index (χ1) is 12.8. The maximum atomic E-state index is 12.8. The van der Waals surface area contributed by atoms with Crippen molar-refractivity contribution in [2.24, 2.45) is 0 Å². The Labute approximate surface area is 162 Å². The first-order valence-corrected chi connectivity index (χ1v) is 10.2. The molecule has 0 bridgehead atoms. The molecule has 3 aliphatic heterocycles. The van der Waals surface area contributed by atoms with Crippen molar-refractivity contribution < 1.29 is 14.4 Å². The molecule has 0 unspecified atom stereocenters. The molecule has 1 spiro atoms. The fourth-order valence-electron chi connectivity index (χ4n) is 3.80. The van der Waals surface area contributed by atoms with Gasteiger partial charge in [-0.15, -0.1) is 11.8 Å². The normalized spacial score (nSPS) is 25.9. The van der Waals surface area contributed by atoms with Gasteiger partial charge in [0.1, 0.15) is 11.6 Å². The third-order valence-corrected chi connectivity index (χ3v) is 7.08. The lowest BCUT2D eigenvalue weighted by molar-refractivity contribution is -0.138. The van der Waals surface area contributed by atoms with Crippen LogP contribution in [0, 0.1) is 0 Å². The van der Waals surface area contributed by atoms with Crippen LogP contribution in [0.25, 0.3) is 0 Å². The highest BCUT2D eigenvalue weighted by atomic mass is 32.2. The van der Waals surface area contributed by atoms with Crippen molar-refractivity contribution >= 4 is 40.9 Å². The van der Waals surface area contributed by atoms with E-state index in [0.717, 1.165) is 11.4 Å². The van der Waals surface area contributed by atoms with E-state index in [1.54, 1.807) is 4.90 Å². The Morgan fingerprint density at radius 2 is 1.78 bits per heavy atom. The lowest BCUT2D eigenvalue weighted by Crippen LogP contribution is -2.62. The standard InChI is InChI=1S/C19H24N4O3S/c1-18(2)16(25)21-14(11-27-18)15(24)23-9-7-19(8-10-23)17(26)20-12-5-3-4-6-13(12)22-19/h3-6,14,22H,7-11H2,1-2H3,(H,20,26)(H,21,25)/t14-/m1/s1. The number of piperidine rings is 1. The van der Waals surface area contributed by atoms with Gasteiger partial charge in [0, 0.05) is 18.8 Å². The van der Waals surface area contributed by atoms with Crippen LogP contribution in [-0.4, -0.2) is 57.8 Å².